The Bertz CT molecular complexity index is 295. The summed E-state index contributed by atoms with van der Waals surface area (Å²) in [5, 5.41) is 9.29. The summed E-state index contributed by atoms with van der Waals surface area (Å²) in [6, 6.07) is 0. The molecule has 3 N–H and O–H groups in total. The highest BCUT2D eigenvalue weighted by atomic mass is 127. The monoisotopic (exact) mass is 397 g/mol. The predicted molar refractivity (Wildman–Crippen MR) is 91.5 cm³/mol. The van der Waals surface area contributed by atoms with E-state index in [9.17, 15) is 5.11 Å². The van der Waals surface area contributed by atoms with Gasteiger partial charge < -0.3 is 20.5 Å². The van der Waals surface area contributed by atoms with Crippen LogP contribution in [0.15, 0.2) is 4.99 Å². The first-order valence-electron chi connectivity index (χ1n) is 7.49. The number of halogens is 1. The van der Waals surface area contributed by atoms with Crippen LogP contribution in [0.25, 0.3) is 0 Å². The Kier molecular flexibility index (Phi) is 8.13. The number of guanidine groups is 1. The van der Waals surface area contributed by atoms with Gasteiger partial charge in [-0.05, 0) is 24.7 Å². The molecule has 1 aliphatic heterocycles. The van der Waals surface area contributed by atoms with Gasteiger partial charge in [-0.15, -0.1) is 24.0 Å². The van der Waals surface area contributed by atoms with E-state index in [0.29, 0.717) is 5.96 Å². The zero-order valence-electron chi connectivity index (χ0n) is 12.2. The molecule has 118 valence electrons. The van der Waals surface area contributed by atoms with Crippen molar-refractivity contribution >= 4 is 29.9 Å². The molecule has 0 amide bonds. The van der Waals surface area contributed by atoms with Crippen molar-refractivity contribution in [3.05, 3.63) is 0 Å². The van der Waals surface area contributed by atoms with Crippen LogP contribution < -0.4 is 5.73 Å². The van der Waals surface area contributed by atoms with Gasteiger partial charge in [0.1, 0.15) is 0 Å². The Morgan fingerprint density at radius 2 is 1.85 bits per heavy atom. The number of aliphatic hydroxyl groups excluding tert-OH is 1. The first-order chi connectivity index (χ1) is 9.26. The maximum Gasteiger partial charge on any atom is 0.191 e. The Labute approximate surface area is 139 Å². The number of hydrogen-bond acceptors (Lipinski definition) is 3. The van der Waals surface area contributed by atoms with E-state index in [2.05, 4.69) is 9.89 Å². The fourth-order valence-corrected chi connectivity index (χ4v) is 3.17. The minimum absolute atomic E-state index is 0. The maximum absolute atomic E-state index is 9.29. The Morgan fingerprint density at radius 1 is 1.20 bits per heavy atom. The topological polar surface area (TPSA) is 71.1 Å². The van der Waals surface area contributed by atoms with Gasteiger partial charge >= 0.3 is 0 Å². The zero-order chi connectivity index (χ0) is 13.6. The maximum atomic E-state index is 9.29. The van der Waals surface area contributed by atoms with Crippen LogP contribution in [-0.2, 0) is 4.74 Å². The highest BCUT2D eigenvalue weighted by Crippen LogP contribution is 2.39. The van der Waals surface area contributed by atoms with Gasteiger partial charge in [-0.1, -0.05) is 19.3 Å². The van der Waals surface area contributed by atoms with Crippen molar-refractivity contribution in [1.29, 1.82) is 0 Å². The zero-order valence-corrected chi connectivity index (χ0v) is 14.6. The van der Waals surface area contributed by atoms with Crippen molar-refractivity contribution in [2.24, 2.45) is 16.1 Å². The summed E-state index contributed by atoms with van der Waals surface area (Å²) in [5.41, 5.74) is 6.26. The average molecular weight is 397 g/mol. The third-order valence-electron chi connectivity index (χ3n) is 4.47. The smallest absolute Gasteiger partial charge is 0.191 e. The quantitative estimate of drug-likeness (QED) is 0.430. The molecule has 6 heteroatoms. The standard InChI is InChI=1S/C14H27N3O2.HI/c15-13(17-7-10-19-11-8-17)16-12-14(6-9-18)4-2-1-3-5-14;/h18H,1-12H2,(H2,15,16);1H. The molecule has 2 fully saturated rings. The number of morpholine rings is 1. The van der Waals surface area contributed by atoms with E-state index >= 15 is 0 Å². The lowest BCUT2D eigenvalue weighted by Crippen LogP contribution is -2.45. The van der Waals surface area contributed by atoms with E-state index in [1.54, 1.807) is 0 Å². The van der Waals surface area contributed by atoms with Crippen LogP contribution in [-0.4, -0.2) is 55.4 Å². The minimum Gasteiger partial charge on any atom is -0.396 e. The Balaban J connectivity index is 0.00000200. The predicted octanol–water partition coefficient (Wildman–Crippen LogP) is 1.58. The molecular formula is C14H28IN3O2. The molecule has 0 bridgehead atoms. The van der Waals surface area contributed by atoms with Gasteiger partial charge in [-0.3, -0.25) is 4.99 Å². The summed E-state index contributed by atoms with van der Waals surface area (Å²) >= 11 is 0. The molecule has 0 unspecified atom stereocenters. The lowest BCUT2D eigenvalue weighted by atomic mass is 9.72. The van der Waals surface area contributed by atoms with Gasteiger partial charge in [0.15, 0.2) is 5.96 Å². The van der Waals surface area contributed by atoms with Crippen molar-refractivity contribution in [3.63, 3.8) is 0 Å². The Morgan fingerprint density at radius 3 is 2.45 bits per heavy atom. The molecule has 0 aromatic heterocycles. The van der Waals surface area contributed by atoms with Crippen LogP contribution in [0.5, 0.6) is 0 Å². The van der Waals surface area contributed by atoms with E-state index in [1.165, 1.54) is 32.1 Å². The second kappa shape index (κ2) is 9.04. The van der Waals surface area contributed by atoms with Crippen LogP contribution in [0.1, 0.15) is 38.5 Å². The molecular weight excluding hydrogens is 369 g/mol. The van der Waals surface area contributed by atoms with Crippen molar-refractivity contribution in [3.8, 4) is 0 Å². The second-order valence-electron chi connectivity index (χ2n) is 5.81. The fraction of sp³-hybridized carbons (Fsp3) is 0.929. The second-order valence-corrected chi connectivity index (χ2v) is 5.81. The molecule has 1 aliphatic carbocycles. The van der Waals surface area contributed by atoms with Crippen LogP contribution in [0.2, 0.25) is 0 Å². The third-order valence-corrected chi connectivity index (χ3v) is 4.47. The molecule has 20 heavy (non-hydrogen) atoms. The van der Waals surface area contributed by atoms with Gasteiger partial charge in [0.05, 0.1) is 13.2 Å². The van der Waals surface area contributed by atoms with E-state index < -0.39 is 0 Å². The number of nitrogens with zero attached hydrogens (tertiary/aromatic N) is 2. The summed E-state index contributed by atoms with van der Waals surface area (Å²) in [4.78, 5) is 6.71. The van der Waals surface area contributed by atoms with Crippen LogP contribution in [0, 0.1) is 5.41 Å². The number of nitrogens with two attached hydrogens (primary N) is 1. The molecule has 1 saturated carbocycles. The van der Waals surface area contributed by atoms with E-state index in [4.69, 9.17) is 10.5 Å². The summed E-state index contributed by atoms with van der Waals surface area (Å²) in [5.74, 6) is 0.645. The van der Waals surface area contributed by atoms with Crippen molar-refractivity contribution < 1.29 is 9.84 Å². The van der Waals surface area contributed by atoms with Crippen molar-refractivity contribution in [2.75, 3.05) is 39.5 Å². The van der Waals surface area contributed by atoms with E-state index in [0.717, 1.165) is 39.3 Å². The molecule has 0 spiro atoms. The highest BCUT2D eigenvalue weighted by molar-refractivity contribution is 14.0. The molecule has 0 atom stereocenters. The minimum atomic E-state index is 0. The number of ether oxygens (including phenoxy) is 1. The molecule has 0 radical (unpaired) electrons. The summed E-state index contributed by atoms with van der Waals surface area (Å²) < 4.78 is 5.32. The summed E-state index contributed by atoms with van der Waals surface area (Å²) in [7, 11) is 0. The molecule has 1 heterocycles. The SMILES string of the molecule is I.NC(=NCC1(CCO)CCCCC1)N1CCOCC1. The first kappa shape index (κ1) is 18.0. The number of hydrogen-bond donors (Lipinski definition) is 2. The highest BCUT2D eigenvalue weighted by Gasteiger charge is 2.31. The lowest BCUT2D eigenvalue weighted by molar-refractivity contribution is 0.0670. The van der Waals surface area contributed by atoms with E-state index in [1.807, 2.05) is 0 Å². The molecule has 0 aromatic rings. The molecule has 2 aliphatic rings. The molecule has 0 aromatic carbocycles. The molecule has 1 saturated heterocycles. The van der Waals surface area contributed by atoms with Gasteiger partial charge in [-0.2, -0.15) is 0 Å². The number of aliphatic hydroxyl groups is 1. The average Bonchev–Trinajstić information content (AvgIpc) is 2.47. The van der Waals surface area contributed by atoms with Gasteiger partial charge in [0.2, 0.25) is 0 Å². The summed E-state index contributed by atoms with van der Waals surface area (Å²) in [6.45, 7) is 4.16. The first-order valence-corrected chi connectivity index (χ1v) is 7.49. The largest absolute Gasteiger partial charge is 0.396 e. The molecule has 2 rings (SSSR count). The van der Waals surface area contributed by atoms with E-state index in [-0.39, 0.29) is 36.0 Å². The number of rotatable bonds is 4. The summed E-state index contributed by atoms with van der Waals surface area (Å²) in [6.07, 6.45) is 7.03. The van der Waals surface area contributed by atoms with Crippen molar-refractivity contribution in [2.45, 2.75) is 38.5 Å². The number of aliphatic imine (C=N–C) groups is 1. The third kappa shape index (κ3) is 5.04. The normalized spacial score (nSPS) is 23.2. The van der Waals surface area contributed by atoms with Gasteiger partial charge in [0.25, 0.3) is 0 Å². The fourth-order valence-electron chi connectivity index (χ4n) is 3.17. The van der Waals surface area contributed by atoms with Crippen LogP contribution in [0.3, 0.4) is 0 Å². The van der Waals surface area contributed by atoms with Gasteiger partial charge in [-0.25, -0.2) is 0 Å². The van der Waals surface area contributed by atoms with Crippen molar-refractivity contribution in [1.82, 2.24) is 4.90 Å². The molecule has 5 nitrogen and oxygen atoms in total. The van der Waals surface area contributed by atoms with Crippen LogP contribution in [0.4, 0.5) is 0 Å². The lowest BCUT2D eigenvalue weighted by Gasteiger charge is -2.36. The van der Waals surface area contributed by atoms with Crippen LogP contribution >= 0.6 is 24.0 Å². The Hall–Kier alpha value is -0.0800. The van der Waals surface area contributed by atoms with Gasteiger partial charge in [0, 0.05) is 26.2 Å².